The standard InChI is InChI=1S/C19H14F3NO3/c1-10-6-11(2)17-14(24)9-16(26-15(17)7-10)18(25)23-13-5-3-4-12(8-13)19(20,21)22/h3-9H,1-2H3,(H,23,25). The van der Waals surface area contributed by atoms with Gasteiger partial charge in [-0.1, -0.05) is 12.1 Å². The van der Waals surface area contributed by atoms with E-state index >= 15 is 0 Å². The number of aryl methyl sites for hydroxylation is 2. The Labute approximate surface area is 146 Å². The van der Waals surface area contributed by atoms with Crippen molar-refractivity contribution in [2.24, 2.45) is 0 Å². The first kappa shape index (κ1) is 17.7. The number of carbonyl (C=O) groups is 1. The molecule has 0 spiro atoms. The third-order valence-electron chi connectivity index (χ3n) is 3.84. The first-order valence-electron chi connectivity index (χ1n) is 7.69. The number of anilines is 1. The second kappa shape index (κ2) is 6.33. The van der Waals surface area contributed by atoms with Gasteiger partial charge in [0.25, 0.3) is 5.91 Å². The Morgan fingerprint density at radius 2 is 1.81 bits per heavy atom. The van der Waals surface area contributed by atoms with Gasteiger partial charge in [0.1, 0.15) is 5.58 Å². The largest absolute Gasteiger partial charge is 0.451 e. The van der Waals surface area contributed by atoms with Crippen LogP contribution >= 0.6 is 0 Å². The van der Waals surface area contributed by atoms with Gasteiger partial charge in [0, 0.05) is 11.8 Å². The summed E-state index contributed by atoms with van der Waals surface area (Å²) >= 11 is 0. The number of hydrogen-bond acceptors (Lipinski definition) is 3. The molecule has 1 heterocycles. The number of hydrogen-bond donors (Lipinski definition) is 1. The molecule has 3 aromatic rings. The topological polar surface area (TPSA) is 59.3 Å². The van der Waals surface area contributed by atoms with E-state index in [9.17, 15) is 22.8 Å². The Morgan fingerprint density at radius 1 is 1.08 bits per heavy atom. The summed E-state index contributed by atoms with van der Waals surface area (Å²) in [6, 6.07) is 8.70. The van der Waals surface area contributed by atoms with Crippen LogP contribution in [0, 0.1) is 13.8 Å². The van der Waals surface area contributed by atoms with Crippen LogP contribution in [0.5, 0.6) is 0 Å². The Balaban J connectivity index is 1.97. The molecule has 134 valence electrons. The summed E-state index contributed by atoms with van der Waals surface area (Å²) in [6.07, 6.45) is -4.52. The van der Waals surface area contributed by atoms with Gasteiger partial charge in [-0.3, -0.25) is 9.59 Å². The molecule has 0 fully saturated rings. The van der Waals surface area contributed by atoms with Crippen molar-refractivity contribution in [2.75, 3.05) is 5.32 Å². The van der Waals surface area contributed by atoms with Crippen molar-refractivity contribution in [3.8, 4) is 0 Å². The lowest BCUT2D eigenvalue weighted by Crippen LogP contribution is -2.16. The highest BCUT2D eigenvalue weighted by molar-refractivity contribution is 6.03. The maximum atomic E-state index is 12.8. The third-order valence-corrected chi connectivity index (χ3v) is 3.84. The van der Waals surface area contributed by atoms with Gasteiger partial charge in [0.15, 0.2) is 11.2 Å². The van der Waals surface area contributed by atoms with Crippen molar-refractivity contribution in [3.63, 3.8) is 0 Å². The molecule has 1 N–H and O–H groups in total. The summed E-state index contributed by atoms with van der Waals surface area (Å²) in [5.74, 6) is -1.08. The lowest BCUT2D eigenvalue weighted by molar-refractivity contribution is -0.137. The molecular formula is C19H14F3NO3. The average molecular weight is 361 g/mol. The molecule has 2 aromatic carbocycles. The third kappa shape index (κ3) is 3.46. The number of halogens is 3. The van der Waals surface area contributed by atoms with E-state index in [0.717, 1.165) is 29.3 Å². The van der Waals surface area contributed by atoms with Crippen LogP contribution in [0.1, 0.15) is 27.2 Å². The summed E-state index contributed by atoms with van der Waals surface area (Å²) in [6.45, 7) is 3.58. The molecule has 0 saturated carbocycles. The lowest BCUT2D eigenvalue weighted by Gasteiger charge is -2.10. The molecule has 26 heavy (non-hydrogen) atoms. The van der Waals surface area contributed by atoms with E-state index < -0.39 is 23.1 Å². The van der Waals surface area contributed by atoms with Gasteiger partial charge >= 0.3 is 6.18 Å². The Bertz CT molecular complexity index is 1070. The lowest BCUT2D eigenvalue weighted by atomic mass is 10.1. The minimum Gasteiger partial charge on any atom is -0.451 e. The van der Waals surface area contributed by atoms with E-state index in [1.807, 2.05) is 13.0 Å². The van der Waals surface area contributed by atoms with E-state index in [2.05, 4.69) is 5.32 Å². The molecule has 0 saturated heterocycles. The molecule has 3 rings (SSSR count). The van der Waals surface area contributed by atoms with Gasteiger partial charge in [0.05, 0.1) is 10.9 Å². The number of nitrogens with one attached hydrogen (secondary N) is 1. The molecular weight excluding hydrogens is 347 g/mol. The van der Waals surface area contributed by atoms with Crippen LogP contribution in [0.2, 0.25) is 0 Å². The van der Waals surface area contributed by atoms with Crippen LogP contribution in [0.3, 0.4) is 0 Å². The summed E-state index contributed by atoms with van der Waals surface area (Å²) in [5.41, 5.74) is 0.504. The highest BCUT2D eigenvalue weighted by atomic mass is 19.4. The number of amides is 1. The predicted molar refractivity (Wildman–Crippen MR) is 91.4 cm³/mol. The second-order valence-electron chi connectivity index (χ2n) is 5.96. The zero-order chi connectivity index (χ0) is 19.1. The van der Waals surface area contributed by atoms with Crippen molar-refractivity contribution >= 4 is 22.6 Å². The average Bonchev–Trinajstić information content (AvgIpc) is 2.53. The molecule has 0 radical (unpaired) electrons. The van der Waals surface area contributed by atoms with Gasteiger partial charge in [-0.2, -0.15) is 13.2 Å². The number of alkyl halides is 3. The fourth-order valence-corrected chi connectivity index (χ4v) is 2.74. The highest BCUT2D eigenvalue weighted by Crippen LogP contribution is 2.30. The zero-order valence-electron chi connectivity index (χ0n) is 13.9. The number of rotatable bonds is 2. The van der Waals surface area contributed by atoms with Gasteiger partial charge in [0.2, 0.25) is 0 Å². The maximum Gasteiger partial charge on any atom is 0.416 e. The molecule has 0 aliphatic rings. The van der Waals surface area contributed by atoms with Crippen LogP contribution in [0.25, 0.3) is 11.0 Å². The SMILES string of the molecule is Cc1cc(C)c2c(=O)cc(C(=O)Nc3cccc(C(F)(F)F)c3)oc2c1. The van der Waals surface area contributed by atoms with E-state index in [-0.39, 0.29) is 17.0 Å². The molecule has 7 heteroatoms. The molecule has 1 amide bonds. The molecule has 0 aliphatic carbocycles. The summed E-state index contributed by atoms with van der Waals surface area (Å²) < 4.78 is 43.8. The zero-order valence-corrected chi connectivity index (χ0v) is 13.9. The number of fused-ring (bicyclic) bond motifs is 1. The first-order valence-corrected chi connectivity index (χ1v) is 7.69. The Morgan fingerprint density at radius 3 is 2.50 bits per heavy atom. The van der Waals surface area contributed by atoms with Crippen molar-refractivity contribution in [1.29, 1.82) is 0 Å². The smallest absolute Gasteiger partial charge is 0.416 e. The fourth-order valence-electron chi connectivity index (χ4n) is 2.74. The van der Waals surface area contributed by atoms with Crippen LogP contribution < -0.4 is 10.7 Å². The highest BCUT2D eigenvalue weighted by Gasteiger charge is 2.30. The quantitative estimate of drug-likeness (QED) is 0.721. The van der Waals surface area contributed by atoms with E-state index in [0.29, 0.717) is 5.39 Å². The first-order chi connectivity index (χ1) is 12.1. The molecule has 4 nitrogen and oxygen atoms in total. The minimum absolute atomic E-state index is 0.0482. The van der Waals surface area contributed by atoms with Gasteiger partial charge in [-0.15, -0.1) is 0 Å². The second-order valence-corrected chi connectivity index (χ2v) is 5.96. The predicted octanol–water partition coefficient (Wildman–Crippen LogP) is 4.68. The summed E-state index contributed by atoms with van der Waals surface area (Å²) in [7, 11) is 0. The summed E-state index contributed by atoms with van der Waals surface area (Å²) in [5, 5.41) is 2.69. The molecule has 1 aromatic heterocycles. The molecule has 0 bridgehead atoms. The van der Waals surface area contributed by atoms with Crippen molar-refractivity contribution < 1.29 is 22.4 Å². The molecule has 0 unspecified atom stereocenters. The van der Waals surface area contributed by atoms with Crippen LogP contribution in [0.4, 0.5) is 18.9 Å². The maximum absolute atomic E-state index is 12.8. The number of benzene rings is 2. The minimum atomic E-state index is -4.52. The van der Waals surface area contributed by atoms with Crippen LogP contribution in [-0.4, -0.2) is 5.91 Å². The van der Waals surface area contributed by atoms with Crippen molar-refractivity contribution in [2.45, 2.75) is 20.0 Å². The van der Waals surface area contributed by atoms with E-state index in [4.69, 9.17) is 4.42 Å². The van der Waals surface area contributed by atoms with Crippen molar-refractivity contribution in [1.82, 2.24) is 0 Å². The van der Waals surface area contributed by atoms with Gasteiger partial charge < -0.3 is 9.73 Å². The van der Waals surface area contributed by atoms with Crippen molar-refractivity contribution in [3.05, 3.63) is 75.1 Å². The summed E-state index contributed by atoms with van der Waals surface area (Å²) in [4.78, 5) is 24.6. The normalized spacial score (nSPS) is 11.6. The Hall–Kier alpha value is -3.09. The molecule has 0 atom stereocenters. The number of carbonyl (C=O) groups excluding carboxylic acids is 1. The monoisotopic (exact) mass is 361 g/mol. The Kier molecular flexibility index (Phi) is 4.31. The van der Waals surface area contributed by atoms with Crippen LogP contribution in [0.15, 0.2) is 51.7 Å². The van der Waals surface area contributed by atoms with Gasteiger partial charge in [-0.05, 0) is 49.2 Å². The van der Waals surface area contributed by atoms with Crippen LogP contribution in [-0.2, 0) is 6.18 Å². The van der Waals surface area contributed by atoms with Gasteiger partial charge in [-0.25, -0.2) is 0 Å². The fraction of sp³-hybridized carbons (Fsp3) is 0.158. The van der Waals surface area contributed by atoms with E-state index in [1.54, 1.807) is 13.0 Å². The van der Waals surface area contributed by atoms with E-state index in [1.165, 1.54) is 12.1 Å². The molecule has 0 aliphatic heterocycles.